The molecule has 1 fully saturated rings. The van der Waals surface area contributed by atoms with Crippen molar-refractivity contribution >= 4 is 11.9 Å². The Labute approximate surface area is 112 Å². The summed E-state index contributed by atoms with van der Waals surface area (Å²) in [6, 6.07) is 2.97. The molecule has 0 saturated heterocycles. The number of pyridine rings is 1. The van der Waals surface area contributed by atoms with E-state index in [0.717, 1.165) is 12.8 Å². The zero-order valence-electron chi connectivity index (χ0n) is 10.9. The van der Waals surface area contributed by atoms with Gasteiger partial charge in [0.1, 0.15) is 5.69 Å². The van der Waals surface area contributed by atoms with Gasteiger partial charge in [0, 0.05) is 12.2 Å². The van der Waals surface area contributed by atoms with Gasteiger partial charge >= 0.3 is 5.97 Å². The third-order valence-corrected chi connectivity index (χ3v) is 3.71. The number of carboxylic acid groups (broad SMARTS) is 1. The third kappa shape index (κ3) is 3.30. The molecule has 0 aromatic carbocycles. The molecule has 5 nitrogen and oxygen atoms in total. The van der Waals surface area contributed by atoms with Gasteiger partial charge in [0.25, 0.3) is 5.91 Å². The van der Waals surface area contributed by atoms with Gasteiger partial charge in [-0.05, 0) is 37.8 Å². The maximum absolute atomic E-state index is 12.0. The van der Waals surface area contributed by atoms with Crippen molar-refractivity contribution in [3.05, 3.63) is 29.6 Å². The molecule has 1 unspecified atom stereocenters. The Morgan fingerprint density at radius 3 is 2.58 bits per heavy atom. The molecule has 2 rings (SSSR count). The molecular formula is C14H18N2O3. The van der Waals surface area contributed by atoms with Crippen LogP contribution < -0.4 is 5.32 Å². The normalized spacial score (nSPS) is 17.1. The minimum atomic E-state index is -1.04. The second-order valence-corrected chi connectivity index (χ2v) is 5.04. The lowest BCUT2D eigenvalue weighted by Crippen LogP contribution is -2.37. The zero-order chi connectivity index (χ0) is 13.8. The smallest absolute Gasteiger partial charge is 0.337 e. The number of carboxylic acids is 1. The number of carbonyl (C=O) groups excluding carboxylic acids is 1. The number of hydrogen-bond donors (Lipinski definition) is 2. The molecule has 102 valence electrons. The molecule has 1 atom stereocenters. The van der Waals surface area contributed by atoms with E-state index in [1.807, 2.05) is 6.92 Å². The number of hydrogen-bond acceptors (Lipinski definition) is 3. The third-order valence-electron chi connectivity index (χ3n) is 3.71. The van der Waals surface area contributed by atoms with Crippen molar-refractivity contribution in [3.63, 3.8) is 0 Å². The Hall–Kier alpha value is -1.91. The number of rotatable bonds is 4. The molecule has 2 N–H and O–H groups in total. The van der Waals surface area contributed by atoms with Gasteiger partial charge in [-0.15, -0.1) is 0 Å². The molecule has 0 spiro atoms. The minimum Gasteiger partial charge on any atom is -0.478 e. The zero-order valence-corrected chi connectivity index (χ0v) is 10.9. The first-order valence-electron chi connectivity index (χ1n) is 6.58. The maximum Gasteiger partial charge on any atom is 0.337 e. The second-order valence-electron chi connectivity index (χ2n) is 5.04. The number of nitrogens with zero attached hydrogens (tertiary/aromatic N) is 1. The molecular weight excluding hydrogens is 244 g/mol. The van der Waals surface area contributed by atoms with E-state index in [1.54, 1.807) is 0 Å². The van der Waals surface area contributed by atoms with Gasteiger partial charge in [-0.3, -0.25) is 9.78 Å². The number of aromatic carboxylic acids is 1. The fourth-order valence-corrected chi connectivity index (χ4v) is 2.51. The summed E-state index contributed by atoms with van der Waals surface area (Å²) in [5, 5.41) is 11.7. The van der Waals surface area contributed by atoms with Gasteiger partial charge in [-0.25, -0.2) is 4.79 Å². The lowest BCUT2D eigenvalue weighted by Gasteiger charge is -2.20. The van der Waals surface area contributed by atoms with E-state index in [9.17, 15) is 9.59 Å². The molecule has 1 aliphatic carbocycles. The average Bonchev–Trinajstić information content (AvgIpc) is 2.92. The summed E-state index contributed by atoms with van der Waals surface area (Å²) in [6.45, 7) is 2.01. The van der Waals surface area contributed by atoms with Crippen molar-refractivity contribution in [2.75, 3.05) is 0 Å². The van der Waals surface area contributed by atoms with E-state index >= 15 is 0 Å². The topological polar surface area (TPSA) is 79.3 Å². The van der Waals surface area contributed by atoms with Crippen LogP contribution in [0.15, 0.2) is 18.3 Å². The van der Waals surface area contributed by atoms with Crippen LogP contribution in [0, 0.1) is 5.92 Å². The fraction of sp³-hybridized carbons (Fsp3) is 0.500. The van der Waals surface area contributed by atoms with Crippen molar-refractivity contribution in [2.45, 2.75) is 38.6 Å². The second kappa shape index (κ2) is 5.82. The van der Waals surface area contributed by atoms with Crippen LogP contribution in [0.4, 0.5) is 0 Å². The van der Waals surface area contributed by atoms with Crippen LogP contribution in [-0.4, -0.2) is 28.0 Å². The van der Waals surface area contributed by atoms with Crippen LogP contribution in [-0.2, 0) is 0 Å². The number of amides is 1. The maximum atomic E-state index is 12.0. The molecule has 1 amide bonds. The van der Waals surface area contributed by atoms with Crippen LogP contribution in [0.3, 0.4) is 0 Å². The highest BCUT2D eigenvalue weighted by atomic mass is 16.4. The Morgan fingerprint density at radius 1 is 1.37 bits per heavy atom. The van der Waals surface area contributed by atoms with Crippen LogP contribution in [0.1, 0.15) is 53.5 Å². The SMILES string of the molecule is CC(NC(=O)c1ccc(C(=O)O)cn1)C1CCCC1. The Kier molecular flexibility index (Phi) is 4.14. The van der Waals surface area contributed by atoms with Crippen molar-refractivity contribution in [1.82, 2.24) is 10.3 Å². The quantitative estimate of drug-likeness (QED) is 0.870. The summed E-state index contributed by atoms with van der Waals surface area (Å²) in [6.07, 6.45) is 5.99. The van der Waals surface area contributed by atoms with E-state index in [4.69, 9.17) is 5.11 Å². The predicted molar refractivity (Wildman–Crippen MR) is 70.1 cm³/mol. The Morgan fingerprint density at radius 2 is 2.05 bits per heavy atom. The Balaban J connectivity index is 1.97. The van der Waals surface area contributed by atoms with E-state index in [-0.39, 0.29) is 23.2 Å². The molecule has 1 aromatic rings. The largest absolute Gasteiger partial charge is 0.478 e. The first kappa shape index (κ1) is 13.5. The fourth-order valence-electron chi connectivity index (χ4n) is 2.51. The monoisotopic (exact) mass is 262 g/mol. The van der Waals surface area contributed by atoms with Crippen LogP contribution in [0.5, 0.6) is 0 Å². The van der Waals surface area contributed by atoms with E-state index in [1.165, 1.54) is 31.2 Å². The molecule has 0 aliphatic heterocycles. The van der Waals surface area contributed by atoms with Crippen molar-refractivity contribution in [2.24, 2.45) is 5.92 Å². The number of carbonyl (C=O) groups is 2. The Bertz CT molecular complexity index is 464. The van der Waals surface area contributed by atoms with Crippen molar-refractivity contribution < 1.29 is 14.7 Å². The molecule has 1 aromatic heterocycles. The highest BCUT2D eigenvalue weighted by Gasteiger charge is 2.23. The van der Waals surface area contributed by atoms with E-state index < -0.39 is 5.97 Å². The average molecular weight is 262 g/mol. The summed E-state index contributed by atoms with van der Waals surface area (Å²) in [5.41, 5.74) is 0.343. The molecule has 5 heteroatoms. The number of aromatic nitrogens is 1. The molecule has 0 radical (unpaired) electrons. The predicted octanol–water partition coefficient (Wildman–Crippen LogP) is 2.09. The summed E-state index contributed by atoms with van der Waals surface area (Å²) in [7, 11) is 0. The highest BCUT2D eigenvalue weighted by molar-refractivity contribution is 5.93. The summed E-state index contributed by atoms with van der Waals surface area (Å²) < 4.78 is 0. The lowest BCUT2D eigenvalue weighted by atomic mass is 10.00. The van der Waals surface area contributed by atoms with Gasteiger partial charge in [-0.1, -0.05) is 12.8 Å². The van der Waals surface area contributed by atoms with E-state index in [0.29, 0.717) is 5.92 Å². The van der Waals surface area contributed by atoms with Crippen LogP contribution in [0.2, 0.25) is 0 Å². The first-order chi connectivity index (χ1) is 9.08. The van der Waals surface area contributed by atoms with Gasteiger partial charge in [-0.2, -0.15) is 0 Å². The van der Waals surface area contributed by atoms with Gasteiger partial charge < -0.3 is 10.4 Å². The molecule has 19 heavy (non-hydrogen) atoms. The molecule has 1 aliphatic rings. The summed E-state index contributed by atoms with van der Waals surface area (Å²) in [4.78, 5) is 26.6. The van der Waals surface area contributed by atoms with Crippen molar-refractivity contribution in [3.8, 4) is 0 Å². The van der Waals surface area contributed by atoms with Crippen LogP contribution in [0.25, 0.3) is 0 Å². The van der Waals surface area contributed by atoms with Crippen molar-refractivity contribution in [1.29, 1.82) is 0 Å². The van der Waals surface area contributed by atoms with Gasteiger partial charge in [0.15, 0.2) is 0 Å². The first-order valence-corrected chi connectivity index (χ1v) is 6.58. The molecule has 0 bridgehead atoms. The van der Waals surface area contributed by atoms with E-state index in [2.05, 4.69) is 10.3 Å². The molecule has 1 heterocycles. The van der Waals surface area contributed by atoms with Crippen LogP contribution >= 0.6 is 0 Å². The standard InChI is InChI=1S/C14H18N2O3/c1-9(10-4-2-3-5-10)16-13(17)12-7-6-11(8-15-12)14(18)19/h6-10H,2-5H2,1H3,(H,16,17)(H,18,19). The highest BCUT2D eigenvalue weighted by Crippen LogP contribution is 2.27. The molecule has 1 saturated carbocycles. The van der Waals surface area contributed by atoms with Gasteiger partial charge in [0.05, 0.1) is 5.56 Å². The minimum absolute atomic E-state index is 0.0837. The number of nitrogens with one attached hydrogen (secondary N) is 1. The van der Waals surface area contributed by atoms with Gasteiger partial charge in [0.2, 0.25) is 0 Å². The summed E-state index contributed by atoms with van der Waals surface area (Å²) in [5.74, 6) is -0.739. The summed E-state index contributed by atoms with van der Waals surface area (Å²) >= 11 is 0. The lowest BCUT2D eigenvalue weighted by molar-refractivity contribution is 0.0695.